The maximum Gasteiger partial charge on any atom is 0.225 e. The van der Waals surface area contributed by atoms with E-state index in [0.29, 0.717) is 12.5 Å². The third-order valence-corrected chi connectivity index (χ3v) is 4.36. The van der Waals surface area contributed by atoms with E-state index in [1.165, 1.54) is 11.1 Å². The second-order valence-corrected chi connectivity index (χ2v) is 6.84. The molecule has 0 aliphatic rings. The topological polar surface area (TPSA) is 53.1 Å². The van der Waals surface area contributed by atoms with Gasteiger partial charge in [0.15, 0.2) is 0 Å². The van der Waals surface area contributed by atoms with Crippen molar-refractivity contribution >= 4 is 11.8 Å². The van der Waals surface area contributed by atoms with Crippen LogP contribution in [0.25, 0.3) is 11.3 Å². The molecule has 0 bridgehead atoms. The van der Waals surface area contributed by atoms with E-state index >= 15 is 0 Å². The fraction of sp³-hybridized carbons (Fsp3) is 0.273. The summed E-state index contributed by atoms with van der Waals surface area (Å²) < 4.78 is 0. The average Bonchev–Trinajstić information content (AvgIpc) is 2.68. The number of rotatable bonds is 8. The first-order valence-electron chi connectivity index (χ1n) is 9.23. The van der Waals surface area contributed by atoms with Crippen molar-refractivity contribution < 1.29 is 0 Å². The van der Waals surface area contributed by atoms with Crippen molar-refractivity contribution in [1.82, 2.24) is 14.9 Å². The van der Waals surface area contributed by atoms with E-state index in [0.717, 1.165) is 30.2 Å². The number of anilines is 2. The highest BCUT2D eigenvalue weighted by atomic mass is 15.2. The molecule has 5 nitrogen and oxygen atoms in total. The highest BCUT2D eigenvalue weighted by Crippen LogP contribution is 2.21. The Bertz CT molecular complexity index is 862. The van der Waals surface area contributed by atoms with Gasteiger partial charge in [-0.25, -0.2) is 4.98 Å². The van der Waals surface area contributed by atoms with Crippen LogP contribution in [0, 0.1) is 6.92 Å². The smallest absolute Gasteiger partial charge is 0.225 e. The van der Waals surface area contributed by atoms with E-state index in [1.54, 1.807) is 0 Å². The van der Waals surface area contributed by atoms with Gasteiger partial charge in [0.25, 0.3) is 0 Å². The van der Waals surface area contributed by atoms with Crippen LogP contribution >= 0.6 is 0 Å². The monoisotopic (exact) mass is 361 g/mol. The number of aryl methyl sites for hydroxylation is 1. The van der Waals surface area contributed by atoms with Crippen molar-refractivity contribution in [3.05, 3.63) is 71.8 Å². The summed E-state index contributed by atoms with van der Waals surface area (Å²) >= 11 is 0. The van der Waals surface area contributed by atoms with Gasteiger partial charge in [0.05, 0.1) is 5.69 Å². The van der Waals surface area contributed by atoms with Crippen LogP contribution in [0.3, 0.4) is 0 Å². The molecule has 0 aliphatic heterocycles. The van der Waals surface area contributed by atoms with Gasteiger partial charge in [0.1, 0.15) is 5.82 Å². The van der Waals surface area contributed by atoms with Crippen LogP contribution in [0.5, 0.6) is 0 Å². The van der Waals surface area contributed by atoms with E-state index < -0.39 is 0 Å². The molecule has 3 aromatic rings. The van der Waals surface area contributed by atoms with Gasteiger partial charge in [-0.1, -0.05) is 54.6 Å². The summed E-state index contributed by atoms with van der Waals surface area (Å²) in [5, 5.41) is 6.78. The Morgan fingerprint density at radius 2 is 1.63 bits per heavy atom. The summed E-state index contributed by atoms with van der Waals surface area (Å²) in [6.45, 7) is 4.58. The molecule has 0 aliphatic carbocycles. The highest BCUT2D eigenvalue weighted by molar-refractivity contribution is 5.64. The zero-order chi connectivity index (χ0) is 19.1. The van der Waals surface area contributed by atoms with Gasteiger partial charge in [-0.3, -0.25) is 0 Å². The summed E-state index contributed by atoms with van der Waals surface area (Å²) in [4.78, 5) is 11.5. The van der Waals surface area contributed by atoms with Crippen LogP contribution in [0.4, 0.5) is 11.8 Å². The molecular formula is C22H27N5. The first-order valence-corrected chi connectivity index (χ1v) is 9.23. The molecule has 0 atom stereocenters. The second-order valence-electron chi connectivity index (χ2n) is 6.84. The number of aromatic nitrogens is 2. The minimum atomic E-state index is 0.631. The number of likely N-dealkylation sites (N-methyl/N-ethyl adjacent to an activating group) is 1. The Morgan fingerprint density at radius 3 is 2.37 bits per heavy atom. The standard InChI is InChI=1S/C22H27N5/c1-17-9-7-8-12-19(17)16-24-22-25-20(18-10-5-4-6-11-18)15-21(26-22)23-13-14-27(2)3/h4-12,15H,13-14,16H2,1-3H3,(H2,23,24,25,26). The predicted octanol–water partition coefficient (Wildman–Crippen LogP) is 4.04. The summed E-state index contributed by atoms with van der Waals surface area (Å²) in [5.41, 5.74) is 4.49. The van der Waals surface area contributed by atoms with E-state index in [-0.39, 0.29) is 0 Å². The molecule has 0 saturated heterocycles. The first-order chi connectivity index (χ1) is 13.1. The quantitative estimate of drug-likeness (QED) is 0.634. The van der Waals surface area contributed by atoms with Crippen LogP contribution in [0.2, 0.25) is 0 Å². The number of nitrogens with one attached hydrogen (secondary N) is 2. The zero-order valence-corrected chi connectivity index (χ0v) is 16.2. The van der Waals surface area contributed by atoms with E-state index in [1.807, 2.05) is 24.3 Å². The molecule has 5 heteroatoms. The molecule has 0 amide bonds. The fourth-order valence-electron chi connectivity index (χ4n) is 2.76. The molecule has 0 spiro atoms. The minimum absolute atomic E-state index is 0.631. The lowest BCUT2D eigenvalue weighted by atomic mass is 10.1. The summed E-state index contributed by atoms with van der Waals surface area (Å²) in [7, 11) is 4.12. The summed E-state index contributed by atoms with van der Waals surface area (Å²) in [6, 6.07) is 20.5. The lowest BCUT2D eigenvalue weighted by molar-refractivity contribution is 0.425. The third-order valence-electron chi connectivity index (χ3n) is 4.36. The normalized spacial score (nSPS) is 10.8. The van der Waals surface area contributed by atoms with E-state index in [2.05, 4.69) is 77.9 Å². The number of benzene rings is 2. The maximum absolute atomic E-state index is 4.72. The Hall–Kier alpha value is -2.92. The third kappa shape index (κ3) is 5.53. The molecule has 0 unspecified atom stereocenters. The molecule has 2 N–H and O–H groups in total. The van der Waals surface area contributed by atoms with Gasteiger partial charge in [0.2, 0.25) is 5.95 Å². The Balaban J connectivity index is 1.81. The minimum Gasteiger partial charge on any atom is -0.369 e. The zero-order valence-electron chi connectivity index (χ0n) is 16.2. The van der Waals surface area contributed by atoms with Gasteiger partial charge in [0, 0.05) is 31.3 Å². The summed E-state index contributed by atoms with van der Waals surface area (Å²) in [5.74, 6) is 1.46. The van der Waals surface area contributed by atoms with Crippen LogP contribution in [-0.2, 0) is 6.54 Å². The van der Waals surface area contributed by atoms with Gasteiger partial charge in [-0.15, -0.1) is 0 Å². The van der Waals surface area contributed by atoms with Crippen molar-refractivity contribution in [1.29, 1.82) is 0 Å². The van der Waals surface area contributed by atoms with Gasteiger partial charge in [-0.05, 0) is 32.1 Å². The number of nitrogens with zero attached hydrogens (tertiary/aromatic N) is 3. The number of hydrogen-bond acceptors (Lipinski definition) is 5. The second kappa shape index (κ2) is 9.14. The molecule has 27 heavy (non-hydrogen) atoms. The Kier molecular flexibility index (Phi) is 6.39. The van der Waals surface area contributed by atoms with Crippen molar-refractivity contribution in [3.63, 3.8) is 0 Å². The molecule has 0 fully saturated rings. The van der Waals surface area contributed by atoms with Crippen molar-refractivity contribution in [2.24, 2.45) is 0 Å². The molecular weight excluding hydrogens is 334 g/mol. The molecule has 140 valence electrons. The van der Waals surface area contributed by atoms with Crippen LogP contribution in [0.1, 0.15) is 11.1 Å². The molecule has 0 radical (unpaired) electrons. The molecule has 1 aromatic heterocycles. The van der Waals surface area contributed by atoms with Gasteiger partial charge < -0.3 is 15.5 Å². The van der Waals surface area contributed by atoms with Crippen LogP contribution in [-0.4, -0.2) is 42.1 Å². The first kappa shape index (κ1) is 18.9. The fourth-order valence-corrected chi connectivity index (χ4v) is 2.76. The molecule has 0 saturated carbocycles. The Labute approximate surface area is 161 Å². The lowest BCUT2D eigenvalue weighted by Crippen LogP contribution is -2.21. The van der Waals surface area contributed by atoms with Crippen LogP contribution < -0.4 is 10.6 Å². The largest absolute Gasteiger partial charge is 0.369 e. The molecule has 2 aromatic carbocycles. The van der Waals surface area contributed by atoms with Crippen molar-refractivity contribution in [2.75, 3.05) is 37.8 Å². The van der Waals surface area contributed by atoms with Gasteiger partial charge in [-0.2, -0.15) is 4.98 Å². The van der Waals surface area contributed by atoms with Crippen molar-refractivity contribution in [2.45, 2.75) is 13.5 Å². The van der Waals surface area contributed by atoms with Crippen LogP contribution in [0.15, 0.2) is 60.7 Å². The molecule has 1 heterocycles. The highest BCUT2D eigenvalue weighted by Gasteiger charge is 2.07. The Morgan fingerprint density at radius 1 is 0.889 bits per heavy atom. The summed E-state index contributed by atoms with van der Waals surface area (Å²) in [6.07, 6.45) is 0. The molecule has 3 rings (SSSR count). The predicted molar refractivity (Wildman–Crippen MR) is 113 cm³/mol. The SMILES string of the molecule is Cc1ccccc1CNc1nc(NCCN(C)C)cc(-c2ccccc2)n1. The maximum atomic E-state index is 4.72. The lowest BCUT2D eigenvalue weighted by Gasteiger charge is -2.14. The van der Waals surface area contributed by atoms with E-state index in [4.69, 9.17) is 4.98 Å². The average molecular weight is 361 g/mol. The van der Waals surface area contributed by atoms with Gasteiger partial charge >= 0.3 is 0 Å². The van der Waals surface area contributed by atoms with Crippen molar-refractivity contribution in [3.8, 4) is 11.3 Å². The van der Waals surface area contributed by atoms with E-state index in [9.17, 15) is 0 Å². The number of hydrogen-bond donors (Lipinski definition) is 2.